The molecule has 0 atom stereocenters. The first-order valence-corrected chi connectivity index (χ1v) is 6.00. The summed E-state index contributed by atoms with van der Waals surface area (Å²) in [6.07, 6.45) is 4.88. The summed E-state index contributed by atoms with van der Waals surface area (Å²) >= 11 is 1.51. The van der Waals surface area contributed by atoms with Gasteiger partial charge >= 0.3 is 0 Å². The minimum atomic E-state index is -0.500. The van der Waals surface area contributed by atoms with E-state index in [1.165, 1.54) is 18.0 Å². The summed E-state index contributed by atoms with van der Waals surface area (Å²) < 4.78 is 5.05. The Morgan fingerprint density at radius 1 is 1.76 bits per heavy atom. The molecule has 0 bridgehead atoms. The first-order chi connectivity index (χ1) is 8.22. The van der Waals surface area contributed by atoms with E-state index in [0.717, 1.165) is 18.4 Å². The van der Waals surface area contributed by atoms with Crippen molar-refractivity contribution < 1.29 is 9.34 Å². The monoisotopic (exact) mass is 258 g/mol. The molecule has 0 aromatic carbocycles. The van der Waals surface area contributed by atoms with Gasteiger partial charge in [0.1, 0.15) is 6.26 Å². The molecular formula is C9H14N4O3S. The van der Waals surface area contributed by atoms with Crippen LogP contribution in [0.15, 0.2) is 34.1 Å². The van der Waals surface area contributed by atoms with Crippen molar-refractivity contribution in [3.05, 3.63) is 34.6 Å². The van der Waals surface area contributed by atoms with E-state index < -0.39 is 4.92 Å². The van der Waals surface area contributed by atoms with Crippen LogP contribution in [0.25, 0.3) is 0 Å². The first kappa shape index (κ1) is 13.4. The van der Waals surface area contributed by atoms with Gasteiger partial charge in [-0.1, -0.05) is 11.8 Å². The summed E-state index contributed by atoms with van der Waals surface area (Å²) in [5, 5.41) is 16.5. The van der Waals surface area contributed by atoms with Gasteiger partial charge in [-0.05, 0) is 6.42 Å². The molecule has 1 aromatic rings. The second kappa shape index (κ2) is 7.55. The Labute approximate surface area is 103 Å². The molecule has 0 spiro atoms. The van der Waals surface area contributed by atoms with Crippen LogP contribution in [0, 0.1) is 10.1 Å². The lowest BCUT2D eigenvalue weighted by Crippen LogP contribution is -2.25. The van der Waals surface area contributed by atoms with Gasteiger partial charge < -0.3 is 15.1 Å². The van der Waals surface area contributed by atoms with Crippen LogP contribution in [0.2, 0.25) is 0 Å². The Kier molecular flexibility index (Phi) is 5.94. The fourth-order valence-corrected chi connectivity index (χ4v) is 1.76. The summed E-state index contributed by atoms with van der Waals surface area (Å²) in [7, 11) is 1.63. The molecule has 2 N–H and O–H groups in total. The van der Waals surface area contributed by atoms with Crippen LogP contribution in [0.4, 0.5) is 0 Å². The van der Waals surface area contributed by atoms with Gasteiger partial charge in [0.15, 0.2) is 5.82 Å². The van der Waals surface area contributed by atoms with E-state index in [-0.39, 0.29) is 0 Å². The predicted molar refractivity (Wildman–Crippen MR) is 64.0 cm³/mol. The van der Waals surface area contributed by atoms with Gasteiger partial charge in [0, 0.05) is 19.3 Å². The molecule has 0 aliphatic rings. The summed E-state index contributed by atoms with van der Waals surface area (Å²) in [5.41, 5.74) is 0. The Morgan fingerprint density at radius 3 is 3.18 bits per heavy atom. The van der Waals surface area contributed by atoms with Gasteiger partial charge in [-0.3, -0.25) is 10.1 Å². The first-order valence-electron chi connectivity index (χ1n) is 5.01. The number of oxazole rings is 1. The SMILES string of the molecule is CN/C(=C/[N+](=O)[O-])NCCCSc1ncco1. The number of thioether (sulfide) groups is 1. The highest BCUT2D eigenvalue weighted by atomic mass is 32.2. The van der Waals surface area contributed by atoms with Crippen LogP contribution in [-0.2, 0) is 0 Å². The molecule has 0 saturated heterocycles. The van der Waals surface area contributed by atoms with E-state index in [0.29, 0.717) is 17.6 Å². The van der Waals surface area contributed by atoms with E-state index in [4.69, 9.17) is 4.42 Å². The number of aromatic nitrogens is 1. The van der Waals surface area contributed by atoms with Crippen LogP contribution in [-0.4, -0.2) is 29.3 Å². The molecule has 0 unspecified atom stereocenters. The highest BCUT2D eigenvalue weighted by molar-refractivity contribution is 7.99. The number of hydrogen-bond acceptors (Lipinski definition) is 7. The average molecular weight is 258 g/mol. The summed E-state index contributed by atoms with van der Waals surface area (Å²) in [4.78, 5) is 13.7. The van der Waals surface area contributed by atoms with Crippen LogP contribution >= 0.6 is 11.8 Å². The van der Waals surface area contributed by atoms with Crippen molar-refractivity contribution in [1.82, 2.24) is 15.6 Å². The molecule has 17 heavy (non-hydrogen) atoms. The molecule has 1 aromatic heterocycles. The fourth-order valence-electron chi connectivity index (χ4n) is 1.04. The lowest BCUT2D eigenvalue weighted by Gasteiger charge is -2.06. The van der Waals surface area contributed by atoms with E-state index >= 15 is 0 Å². The van der Waals surface area contributed by atoms with Gasteiger partial charge in [-0.25, -0.2) is 4.98 Å². The van der Waals surface area contributed by atoms with Crippen molar-refractivity contribution in [2.45, 2.75) is 11.6 Å². The third kappa shape index (κ3) is 5.81. The average Bonchev–Trinajstić information content (AvgIpc) is 2.79. The van der Waals surface area contributed by atoms with E-state index in [1.54, 1.807) is 13.2 Å². The van der Waals surface area contributed by atoms with E-state index in [9.17, 15) is 10.1 Å². The van der Waals surface area contributed by atoms with Crippen LogP contribution < -0.4 is 10.6 Å². The quantitative estimate of drug-likeness (QED) is 0.311. The topological polar surface area (TPSA) is 93.2 Å². The second-order valence-electron chi connectivity index (χ2n) is 3.00. The molecule has 8 heteroatoms. The Bertz CT molecular complexity index is 366. The third-order valence-corrected chi connectivity index (χ3v) is 2.72. The van der Waals surface area contributed by atoms with Crippen LogP contribution in [0.5, 0.6) is 0 Å². The number of nitrogens with zero attached hydrogens (tertiary/aromatic N) is 2. The molecule has 0 fully saturated rings. The minimum Gasteiger partial charge on any atom is -0.440 e. The summed E-state index contributed by atoms with van der Waals surface area (Å²) in [5.74, 6) is 1.24. The third-order valence-electron chi connectivity index (χ3n) is 1.78. The predicted octanol–water partition coefficient (Wildman–Crippen LogP) is 1.04. The zero-order valence-corrected chi connectivity index (χ0v) is 10.2. The number of rotatable bonds is 8. The van der Waals surface area contributed by atoms with E-state index in [1.807, 2.05) is 0 Å². The molecule has 94 valence electrons. The second-order valence-corrected chi connectivity index (χ2v) is 4.05. The smallest absolute Gasteiger partial charge is 0.274 e. The molecule has 0 radical (unpaired) electrons. The molecule has 7 nitrogen and oxygen atoms in total. The Balaban J connectivity index is 2.13. The molecule has 0 saturated carbocycles. The highest BCUT2D eigenvalue weighted by Crippen LogP contribution is 2.14. The molecular weight excluding hydrogens is 244 g/mol. The largest absolute Gasteiger partial charge is 0.440 e. The molecule has 0 aliphatic carbocycles. The lowest BCUT2D eigenvalue weighted by molar-refractivity contribution is -0.404. The molecule has 0 aliphatic heterocycles. The molecule has 0 amide bonds. The zero-order valence-electron chi connectivity index (χ0n) is 9.38. The van der Waals surface area contributed by atoms with Crippen molar-refractivity contribution in [3.8, 4) is 0 Å². The van der Waals surface area contributed by atoms with Crippen molar-refractivity contribution >= 4 is 11.8 Å². The minimum absolute atomic E-state index is 0.399. The lowest BCUT2D eigenvalue weighted by atomic mass is 10.5. The van der Waals surface area contributed by atoms with Crippen molar-refractivity contribution in [3.63, 3.8) is 0 Å². The van der Waals surface area contributed by atoms with Crippen LogP contribution in [0.1, 0.15) is 6.42 Å². The molecule has 1 rings (SSSR count). The van der Waals surface area contributed by atoms with E-state index in [2.05, 4.69) is 15.6 Å². The Hall–Kier alpha value is -1.70. The standard InChI is InChI=1S/C9H14N4O3S/c1-10-8(7-13(14)15)11-3-2-6-17-9-12-4-5-16-9/h4-5,7,10-11H,2-3,6H2,1H3/b8-7-. The molecule has 1 heterocycles. The highest BCUT2D eigenvalue weighted by Gasteiger charge is 2.00. The maximum atomic E-state index is 10.2. The van der Waals surface area contributed by atoms with Crippen molar-refractivity contribution in [1.29, 1.82) is 0 Å². The normalized spacial score (nSPS) is 11.2. The summed E-state index contributed by atoms with van der Waals surface area (Å²) in [6, 6.07) is 0. The number of nitro groups is 1. The van der Waals surface area contributed by atoms with Gasteiger partial charge in [0.05, 0.1) is 11.1 Å². The zero-order chi connectivity index (χ0) is 12.5. The fraction of sp³-hybridized carbons (Fsp3) is 0.444. The van der Waals surface area contributed by atoms with Crippen molar-refractivity contribution in [2.75, 3.05) is 19.3 Å². The maximum Gasteiger partial charge on any atom is 0.274 e. The summed E-state index contributed by atoms with van der Waals surface area (Å²) in [6.45, 7) is 0.647. The van der Waals surface area contributed by atoms with Gasteiger partial charge in [0.25, 0.3) is 11.4 Å². The number of nitrogens with one attached hydrogen (secondary N) is 2. The number of hydrogen-bond donors (Lipinski definition) is 2. The Morgan fingerprint density at radius 2 is 2.59 bits per heavy atom. The van der Waals surface area contributed by atoms with Crippen LogP contribution in [0.3, 0.4) is 0 Å². The maximum absolute atomic E-state index is 10.2. The van der Waals surface area contributed by atoms with Crippen molar-refractivity contribution in [2.24, 2.45) is 0 Å². The van der Waals surface area contributed by atoms with Gasteiger partial charge in [-0.2, -0.15) is 0 Å². The van der Waals surface area contributed by atoms with Gasteiger partial charge in [0.2, 0.25) is 0 Å². The van der Waals surface area contributed by atoms with Gasteiger partial charge in [-0.15, -0.1) is 0 Å².